The summed E-state index contributed by atoms with van der Waals surface area (Å²) in [6.45, 7) is 1.72. The minimum atomic E-state index is -0.297. The molecule has 0 aliphatic heterocycles. The van der Waals surface area contributed by atoms with Gasteiger partial charge < -0.3 is 19.2 Å². The van der Waals surface area contributed by atoms with E-state index in [0.717, 1.165) is 25.7 Å². The van der Waals surface area contributed by atoms with Crippen LogP contribution in [0.3, 0.4) is 0 Å². The highest BCUT2D eigenvalue weighted by molar-refractivity contribution is 5.97. The number of nitrogens with zero attached hydrogens (tertiary/aromatic N) is 2. The van der Waals surface area contributed by atoms with Gasteiger partial charge >= 0.3 is 0 Å². The number of aryl methyl sites for hydroxylation is 1. The second kappa shape index (κ2) is 7.33. The van der Waals surface area contributed by atoms with E-state index in [1.807, 2.05) is 0 Å². The summed E-state index contributed by atoms with van der Waals surface area (Å²) >= 11 is 0. The lowest BCUT2D eigenvalue weighted by molar-refractivity contribution is -0.117. The Hall–Kier alpha value is -2.57. The number of carbonyl (C=O) groups excluding carboxylic acids is 2. The van der Waals surface area contributed by atoms with E-state index in [4.69, 9.17) is 8.94 Å². The number of furan rings is 1. The van der Waals surface area contributed by atoms with Crippen LogP contribution in [-0.2, 0) is 4.79 Å². The first-order chi connectivity index (χ1) is 11.6. The Labute approximate surface area is 140 Å². The normalized spacial score (nSPS) is 15.2. The third-order valence-corrected chi connectivity index (χ3v) is 4.22. The minimum absolute atomic E-state index is 0.0316. The van der Waals surface area contributed by atoms with E-state index in [1.165, 1.54) is 12.7 Å². The van der Waals surface area contributed by atoms with E-state index in [0.29, 0.717) is 11.6 Å². The summed E-state index contributed by atoms with van der Waals surface area (Å²) in [5, 5.41) is 6.41. The SMILES string of the molecule is Cc1cc(NC(=O)CN(C(=O)c2ccco2)C2CCCCC2)no1. The van der Waals surface area contributed by atoms with Crippen molar-refractivity contribution in [2.24, 2.45) is 0 Å². The van der Waals surface area contributed by atoms with E-state index < -0.39 is 0 Å². The van der Waals surface area contributed by atoms with E-state index in [2.05, 4.69) is 10.5 Å². The van der Waals surface area contributed by atoms with Crippen molar-refractivity contribution in [1.29, 1.82) is 0 Å². The maximum absolute atomic E-state index is 12.7. The van der Waals surface area contributed by atoms with Crippen LogP contribution in [0.5, 0.6) is 0 Å². The Morgan fingerprint density at radius 3 is 2.75 bits per heavy atom. The van der Waals surface area contributed by atoms with Crippen LogP contribution >= 0.6 is 0 Å². The molecular formula is C17H21N3O4. The molecule has 1 aliphatic rings. The molecule has 0 saturated heterocycles. The number of carbonyl (C=O) groups is 2. The zero-order valence-corrected chi connectivity index (χ0v) is 13.7. The Bertz CT molecular complexity index is 687. The second-order valence-electron chi connectivity index (χ2n) is 6.07. The van der Waals surface area contributed by atoms with Crippen LogP contribution in [0.15, 0.2) is 33.4 Å². The molecule has 3 rings (SSSR count). The van der Waals surface area contributed by atoms with Crippen molar-refractivity contribution in [3.8, 4) is 0 Å². The molecule has 2 aromatic rings. The molecule has 0 atom stereocenters. The van der Waals surface area contributed by atoms with Gasteiger partial charge in [0.05, 0.1) is 6.26 Å². The molecule has 7 heteroatoms. The molecule has 2 amide bonds. The van der Waals surface area contributed by atoms with Crippen molar-refractivity contribution in [3.63, 3.8) is 0 Å². The van der Waals surface area contributed by atoms with Crippen molar-refractivity contribution < 1.29 is 18.5 Å². The molecule has 0 unspecified atom stereocenters. The van der Waals surface area contributed by atoms with Gasteiger partial charge in [-0.05, 0) is 31.9 Å². The van der Waals surface area contributed by atoms with Gasteiger partial charge in [-0.25, -0.2) is 0 Å². The summed E-state index contributed by atoms with van der Waals surface area (Å²) in [6.07, 6.45) is 6.58. The number of hydrogen-bond donors (Lipinski definition) is 1. The topological polar surface area (TPSA) is 88.6 Å². The van der Waals surface area contributed by atoms with E-state index in [-0.39, 0.29) is 30.2 Å². The molecule has 1 saturated carbocycles. The smallest absolute Gasteiger partial charge is 0.290 e. The second-order valence-corrected chi connectivity index (χ2v) is 6.07. The van der Waals surface area contributed by atoms with E-state index >= 15 is 0 Å². The molecule has 0 aromatic carbocycles. The third-order valence-electron chi connectivity index (χ3n) is 4.22. The first kappa shape index (κ1) is 16.3. The van der Waals surface area contributed by atoms with Crippen molar-refractivity contribution in [2.75, 3.05) is 11.9 Å². The summed E-state index contributed by atoms with van der Waals surface area (Å²) in [5.41, 5.74) is 0. The average Bonchev–Trinajstić information content (AvgIpc) is 3.25. The average molecular weight is 331 g/mol. The number of amides is 2. The predicted molar refractivity (Wildman–Crippen MR) is 86.5 cm³/mol. The zero-order valence-electron chi connectivity index (χ0n) is 13.7. The number of nitrogens with one attached hydrogen (secondary N) is 1. The number of hydrogen-bond acceptors (Lipinski definition) is 5. The van der Waals surface area contributed by atoms with Gasteiger partial charge in [0.15, 0.2) is 11.6 Å². The maximum Gasteiger partial charge on any atom is 0.290 e. The maximum atomic E-state index is 12.7. The van der Waals surface area contributed by atoms with Gasteiger partial charge in [0, 0.05) is 12.1 Å². The molecule has 24 heavy (non-hydrogen) atoms. The molecule has 128 valence electrons. The largest absolute Gasteiger partial charge is 0.459 e. The molecule has 1 N–H and O–H groups in total. The number of anilines is 1. The van der Waals surface area contributed by atoms with Crippen LogP contribution in [0.4, 0.5) is 5.82 Å². The highest BCUT2D eigenvalue weighted by Crippen LogP contribution is 2.24. The van der Waals surface area contributed by atoms with E-state index in [9.17, 15) is 9.59 Å². The first-order valence-corrected chi connectivity index (χ1v) is 8.21. The van der Waals surface area contributed by atoms with Crippen LogP contribution in [-0.4, -0.2) is 34.5 Å². The van der Waals surface area contributed by atoms with Crippen LogP contribution < -0.4 is 5.32 Å². The molecule has 7 nitrogen and oxygen atoms in total. The Morgan fingerprint density at radius 1 is 1.33 bits per heavy atom. The zero-order chi connectivity index (χ0) is 16.9. The number of rotatable bonds is 5. The van der Waals surface area contributed by atoms with Crippen LogP contribution in [0, 0.1) is 6.92 Å². The summed E-state index contributed by atoms with van der Waals surface area (Å²) in [4.78, 5) is 26.7. The Kier molecular flexibility index (Phi) is 4.98. The molecule has 0 spiro atoms. The molecule has 2 heterocycles. The van der Waals surface area contributed by atoms with Crippen LogP contribution in [0.1, 0.15) is 48.4 Å². The van der Waals surface area contributed by atoms with Crippen molar-refractivity contribution >= 4 is 17.6 Å². The van der Waals surface area contributed by atoms with Gasteiger partial charge in [-0.2, -0.15) is 0 Å². The minimum Gasteiger partial charge on any atom is -0.459 e. The monoisotopic (exact) mass is 331 g/mol. The molecule has 0 radical (unpaired) electrons. The molecule has 2 aromatic heterocycles. The van der Waals surface area contributed by atoms with Gasteiger partial charge in [-0.1, -0.05) is 24.4 Å². The van der Waals surface area contributed by atoms with E-state index in [1.54, 1.807) is 30.0 Å². The lowest BCUT2D eigenvalue weighted by Gasteiger charge is -2.33. The summed E-state index contributed by atoms with van der Waals surface area (Å²) in [5.74, 6) is 0.672. The fourth-order valence-electron chi connectivity index (χ4n) is 3.06. The summed E-state index contributed by atoms with van der Waals surface area (Å²) in [7, 11) is 0. The molecule has 1 fully saturated rings. The summed E-state index contributed by atoms with van der Waals surface area (Å²) in [6, 6.07) is 4.99. The van der Waals surface area contributed by atoms with Gasteiger partial charge in [-0.3, -0.25) is 9.59 Å². The van der Waals surface area contributed by atoms with Crippen molar-refractivity contribution in [1.82, 2.24) is 10.1 Å². The van der Waals surface area contributed by atoms with Gasteiger partial charge in [0.2, 0.25) is 5.91 Å². The first-order valence-electron chi connectivity index (χ1n) is 8.21. The van der Waals surface area contributed by atoms with Crippen molar-refractivity contribution in [2.45, 2.75) is 45.1 Å². The highest BCUT2D eigenvalue weighted by atomic mass is 16.5. The van der Waals surface area contributed by atoms with Gasteiger partial charge in [0.25, 0.3) is 5.91 Å². The van der Waals surface area contributed by atoms with Gasteiger partial charge in [-0.15, -0.1) is 0 Å². The third kappa shape index (κ3) is 3.84. The fraction of sp³-hybridized carbons (Fsp3) is 0.471. The standard InChI is InChI=1S/C17H21N3O4/c1-12-10-15(19-24-12)18-16(21)11-20(13-6-3-2-4-7-13)17(22)14-8-5-9-23-14/h5,8-10,13H,2-4,6-7,11H2,1H3,(H,18,19,21). The molecule has 1 aliphatic carbocycles. The molecule has 0 bridgehead atoms. The predicted octanol–water partition coefficient (Wildman–Crippen LogP) is 2.99. The molecular weight excluding hydrogens is 310 g/mol. The Morgan fingerprint density at radius 2 is 2.12 bits per heavy atom. The fourth-order valence-corrected chi connectivity index (χ4v) is 3.06. The Balaban J connectivity index is 1.71. The summed E-state index contributed by atoms with van der Waals surface area (Å²) < 4.78 is 10.2. The van der Waals surface area contributed by atoms with Crippen molar-refractivity contribution in [3.05, 3.63) is 36.0 Å². The lowest BCUT2D eigenvalue weighted by Crippen LogP contribution is -2.45. The number of aromatic nitrogens is 1. The quantitative estimate of drug-likeness (QED) is 0.910. The van der Waals surface area contributed by atoms with Crippen LogP contribution in [0.2, 0.25) is 0 Å². The highest BCUT2D eigenvalue weighted by Gasteiger charge is 2.29. The lowest BCUT2D eigenvalue weighted by atomic mass is 9.94. The van der Waals surface area contributed by atoms with Crippen LogP contribution in [0.25, 0.3) is 0 Å². The van der Waals surface area contributed by atoms with Gasteiger partial charge in [0.1, 0.15) is 12.3 Å².